The van der Waals surface area contributed by atoms with E-state index in [1.165, 1.54) is 5.56 Å². The summed E-state index contributed by atoms with van der Waals surface area (Å²) >= 11 is 0. The minimum absolute atomic E-state index is 0.0894. The molecular weight excluding hydrogens is 238 g/mol. The van der Waals surface area contributed by atoms with E-state index in [4.69, 9.17) is 5.84 Å². The lowest BCUT2D eigenvalue weighted by Gasteiger charge is -2.34. The van der Waals surface area contributed by atoms with Gasteiger partial charge in [0.15, 0.2) is 0 Å². The lowest BCUT2D eigenvalue weighted by Crippen LogP contribution is -2.49. The minimum Gasteiger partial charge on any atom is -0.271 e. The summed E-state index contributed by atoms with van der Waals surface area (Å²) in [5.41, 5.74) is 5.02. The van der Waals surface area contributed by atoms with Gasteiger partial charge in [0.25, 0.3) is 0 Å². The van der Waals surface area contributed by atoms with Crippen LogP contribution in [0.25, 0.3) is 0 Å². The van der Waals surface area contributed by atoms with Crippen molar-refractivity contribution >= 4 is 0 Å². The molecule has 2 aromatic rings. The van der Waals surface area contributed by atoms with E-state index in [0.717, 1.165) is 12.1 Å². The molecule has 3 N–H and O–H groups in total. The topological polar surface area (TPSA) is 68.8 Å². The van der Waals surface area contributed by atoms with Gasteiger partial charge in [-0.3, -0.25) is 16.0 Å². The van der Waals surface area contributed by atoms with Crippen LogP contribution in [0, 0.1) is 0 Å². The first-order valence-electron chi connectivity index (χ1n) is 6.41. The summed E-state index contributed by atoms with van der Waals surface area (Å²) < 4.78 is 1.71. The number of hydrazine groups is 1. The molecule has 0 aliphatic heterocycles. The Morgan fingerprint density at radius 2 is 2.00 bits per heavy atom. The maximum absolute atomic E-state index is 5.75. The van der Waals surface area contributed by atoms with Crippen molar-refractivity contribution in [3.05, 3.63) is 47.8 Å². The molecule has 19 heavy (non-hydrogen) atoms. The van der Waals surface area contributed by atoms with E-state index in [-0.39, 0.29) is 11.5 Å². The van der Waals surface area contributed by atoms with Crippen molar-refractivity contribution in [3.63, 3.8) is 0 Å². The molecule has 0 aliphatic rings. The number of nitrogens with two attached hydrogens (primary N) is 1. The first-order valence-corrected chi connectivity index (χ1v) is 6.41. The van der Waals surface area contributed by atoms with Gasteiger partial charge in [0.2, 0.25) is 0 Å². The van der Waals surface area contributed by atoms with E-state index in [1.54, 1.807) is 4.68 Å². The Kier molecular flexibility index (Phi) is 3.97. The summed E-state index contributed by atoms with van der Waals surface area (Å²) in [6.45, 7) is 4.37. The highest BCUT2D eigenvalue weighted by molar-refractivity contribution is 5.26. The second kappa shape index (κ2) is 5.50. The first-order chi connectivity index (χ1) is 9.04. The van der Waals surface area contributed by atoms with Gasteiger partial charge in [-0.1, -0.05) is 49.4 Å². The number of aromatic nitrogens is 3. The van der Waals surface area contributed by atoms with Crippen molar-refractivity contribution in [3.8, 4) is 0 Å². The molecule has 5 heteroatoms. The molecule has 0 saturated carbocycles. The Labute approximate surface area is 113 Å². The molecule has 102 valence electrons. The van der Waals surface area contributed by atoms with Gasteiger partial charge in [-0.2, -0.15) is 0 Å². The third-order valence-corrected chi connectivity index (χ3v) is 3.65. The van der Waals surface area contributed by atoms with E-state index in [2.05, 4.69) is 41.7 Å². The zero-order valence-corrected chi connectivity index (χ0v) is 11.7. The lowest BCUT2D eigenvalue weighted by atomic mass is 9.76. The Morgan fingerprint density at radius 3 is 2.53 bits per heavy atom. The molecule has 1 atom stereocenters. The van der Waals surface area contributed by atoms with Crippen molar-refractivity contribution in [1.82, 2.24) is 20.4 Å². The molecule has 5 nitrogen and oxygen atoms in total. The molecule has 0 radical (unpaired) electrons. The van der Waals surface area contributed by atoms with Crippen molar-refractivity contribution in [2.75, 3.05) is 0 Å². The SMILES string of the molecule is Cn1cc(CC(NN)C(C)(C)c2ccccc2)nn1. The predicted octanol–water partition coefficient (Wildman–Crippen LogP) is 1.17. The fourth-order valence-corrected chi connectivity index (χ4v) is 2.29. The van der Waals surface area contributed by atoms with E-state index < -0.39 is 0 Å². The maximum Gasteiger partial charge on any atom is 0.0843 e. The van der Waals surface area contributed by atoms with Crippen molar-refractivity contribution in [1.29, 1.82) is 0 Å². The van der Waals surface area contributed by atoms with Gasteiger partial charge in [-0.05, 0) is 5.56 Å². The predicted molar refractivity (Wildman–Crippen MR) is 75.3 cm³/mol. The van der Waals surface area contributed by atoms with Crippen LogP contribution in [0.5, 0.6) is 0 Å². The smallest absolute Gasteiger partial charge is 0.0843 e. The minimum atomic E-state index is -0.0898. The number of aryl methyl sites for hydroxylation is 1. The molecule has 0 bridgehead atoms. The van der Waals surface area contributed by atoms with Crippen LogP contribution in [0.1, 0.15) is 25.1 Å². The molecule has 1 heterocycles. The number of nitrogens with one attached hydrogen (secondary N) is 1. The fourth-order valence-electron chi connectivity index (χ4n) is 2.29. The highest BCUT2D eigenvalue weighted by Gasteiger charge is 2.31. The largest absolute Gasteiger partial charge is 0.271 e. The van der Waals surface area contributed by atoms with Crippen molar-refractivity contribution < 1.29 is 0 Å². The molecular formula is C14H21N5. The molecule has 1 aromatic heterocycles. The van der Waals surface area contributed by atoms with Gasteiger partial charge in [0.05, 0.1) is 5.69 Å². The fraction of sp³-hybridized carbons (Fsp3) is 0.429. The quantitative estimate of drug-likeness (QED) is 0.624. The summed E-state index contributed by atoms with van der Waals surface area (Å²) in [5, 5.41) is 8.08. The van der Waals surface area contributed by atoms with Crippen LogP contribution in [0.2, 0.25) is 0 Å². The molecule has 1 aromatic carbocycles. The number of hydrogen-bond acceptors (Lipinski definition) is 4. The molecule has 2 rings (SSSR count). The van der Waals surface area contributed by atoms with Crippen LogP contribution in [-0.4, -0.2) is 21.0 Å². The zero-order chi connectivity index (χ0) is 13.9. The van der Waals surface area contributed by atoms with Crippen LogP contribution in [-0.2, 0) is 18.9 Å². The molecule has 0 spiro atoms. The van der Waals surface area contributed by atoms with Gasteiger partial charge in [0.1, 0.15) is 0 Å². The molecule has 0 fully saturated rings. The molecule has 0 saturated heterocycles. The van der Waals surface area contributed by atoms with Gasteiger partial charge >= 0.3 is 0 Å². The van der Waals surface area contributed by atoms with Crippen LogP contribution in [0.3, 0.4) is 0 Å². The van der Waals surface area contributed by atoms with Gasteiger partial charge in [0, 0.05) is 31.1 Å². The standard InChI is InChI=1S/C14H21N5/c1-14(2,11-7-5-4-6-8-11)13(16-15)9-12-10-19(3)18-17-12/h4-8,10,13,16H,9,15H2,1-3H3. The van der Waals surface area contributed by atoms with E-state index in [9.17, 15) is 0 Å². The highest BCUT2D eigenvalue weighted by atomic mass is 15.4. The van der Waals surface area contributed by atoms with Crippen LogP contribution in [0.4, 0.5) is 0 Å². The van der Waals surface area contributed by atoms with E-state index in [0.29, 0.717) is 0 Å². The van der Waals surface area contributed by atoms with Gasteiger partial charge in [-0.15, -0.1) is 5.10 Å². The summed E-state index contributed by atoms with van der Waals surface area (Å²) in [5.74, 6) is 5.75. The monoisotopic (exact) mass is 259 g/mol. The molecule has 0 aliphatic carbocycles. The summed E-state index contributed by atoms with van der Waals surface area (Å²) in [4.78, 5) is 0. The van der Waals surface area contributed by atoms with Gasteiger partial charge < -0.3 is 0 Å². The summed E-state index contributed by atoms with van der Waals surface area (Å²) in [6.07, 6.45) is 2.66. The Hall–Kier alpha value is -1.72. The third-order valence-electron chi connectivity index (χ3n) is 3.65. The van der Waals surface area contributed by atoms with Crippen molar-refractivity contribution in [2.24, 2.45) is 12.9 Å². The zero-order valence-electron chi connectivity index (χ0n) is 11.7. The Morgan fingerprint density at radius 1 is 1.32 bits per heavy atom. The Balaban J connectivity index is 2.21. The average Bonchev–Trinajstić information content (AvgIpc) is 2.82. The van der Waals surface area contributed by atoms with Crippen LogP contribution < -0.4 is 11.3 Å². The number of hydrogen-bond donors (Lipinski definition) is 2. The second-order valence-electron chi connectivity index (χ2n) is 5.39. The van der Waals surface area contributed by atoms with E-state index >= 15 is 0 Å². The number of nitrogens with zero attached hydrogens (tertiary/aromatic N) is 3. The van der Waals surface area contributed by atoms with Crippen molar-refractivity contribution in [2.45, 2.75) is 31.7 Å². The van der Waals surface area contributed by atoms with Crippen LogP contribution >= 0.6 is 0 Å². The maximum atomic E-state index is 5.75. The lowest BCUT2D eigenvalue weighted by molar-refractivity contribution is 0.339. The second-order valence-corrected chi connectivity index (χ2v) is 5.39. The number of rotatable bonds is 5. The average molecular weight is 259 g/mol. The molecule has 0 amide bonds. The summed E-state index contributed by atoms with van der Waals surface area (Å²) in [7, 11) is 1.86. The van der Waals surface area contributed by atoms with E-state index in [1.807, 2.05) is 31.4 Å². The normalized spacial score (nSPS) is 13.5. The molecule has 1 unspecified atom stereocenters. The number of benzene rings is 1. The summed E-state index contributed by atoms with van der Waals surface area (Å²) in [6, 6.07) is 10.5. The third kappa shape index (κ3) is 3.00. The van der Waals surface area contributed by atoms with Gasteiger partial charge in [-0.25, -0.2) is 0 Å². The van der Waals surface area contributed by atoms with Crippen LogP contribution in [0.15, 0.2) is 36.5 Å². The highest BCUT2D eigenvalue weighted by Crippen LogP contribution is 2.28. The first kappa shape index (κ1) is 13.7. The Bertz CT molecular complexity index is 518.